The van der Waals surface area contributed by atoms with Crippen LogP contribution in [0.15, 0.2) is 64.0 Å². The molecule has 1 amide bonds. The van der Waals surface area contributed by atoms with Crippen LogP contribution in [0.3, 0.4) is 0 Å². The molecular formula is C26H27N3O5S. The summed E-state index contributed by atoms with van der Waals surface area (Å²) < 4.78 is 33.8. The topological polar surface area (TPSA) is 110 Å². The summed E-state index contributed by atoms with van der Waals surface area (Å²) in [5.41, 5.74) is 2.17. The second kappa shape index (κ2) is 10.4. The molecule has 0 bridgehead atoms. The van der Waals surface area contributed by atoms with Gasteiger partial charge in [0.05, 0.1) is 5.92 Å². The fourth-order valence-electron chi connectivity index (χ4n) is 4.10. The summed E-state index contributed by atoms with van der Waals surface area (Å²) >= 11 is 0. The molecule has 1 aromatic heterocycles. The van der Waals surface area contributed by atoms with Crippen molar-refractivity contribution >= 4 is 39.6 Å². The number of ketones is 1. The third kappa shape index (κ3) is 5.58. The Balaban J connectivity index is 1.52. The first kappa shape index (κ1) is 24.6. The van der Waals surface area contributed by atoms with E-state index in [1.165, 1.54) is 11.2 Å². The molecule has 0 saturated carbocycles. The van der Waals surface area contributed by atoms with Gasteiger partial charge in [0.2, 0.25) is 15.9 Å². The average Bonchev–Trinajstić information content (AvgIpc) is 3.24. The molecule has 0 spiro atoms. The number of amides is 1. The molecule has 8 nitrogen and oxygen atoms in total. The van der Waals surface area contributed by atoms with Crippen LogP contribution in [0.2, 0.25) is 0 Å². The number of aromatic nitrogens is 1. The first-order chi connectivity index (χ1) is 16.8. The minimum Gasteiger partial charge on any atom is -0.355 e. The Morgan fingerprint density at radius 3 is 2.63 bits per heavy atom. The number of carbonyl (C=O) groups is 2. The van der Waals surface area contributed by atoms with Crippen LogP contribution in [0.5, 0.6) is 0 Å². The zero-order valence-corrected chi connectivity index (χ0v) is 20.4. The first-order valence-corrected chi connectivity index (χ1v) is 12.8. The van der Waals surface area contributed by atoms with Gasteiger partial charge in [0, 0.05) is 24.3 Å². The third-order valence-electron chi connectivity index (χ3n) is 5.95. The van der Waals surface area contributed by atoms with Crippen LogP contribution in [0.1, 0.15) is 47.1 Å². The van der Waals surface area contributed by atoms with Crippen LogP contribution in [-0.4, -0.2) is 42.7 Å². The monoisotopic (exact) mass is 493 g/mol. The molecule has 2 heterocycles. The number of hydrogen-bond acceptors (Lipinski definition) is 6. The van der Waals surface area contributed by atoms with Crippen LogP contribution in [-0.2, 0) is 14.8 Å². The average molecular weight is 494 g/mol. The van der Waals surface area contributed by atoms with E-state index in [0.717, 1.165) is 5.56 Å². The van der Waals surface area contributed by atoms with E-state index in [9.17, 15) is 18.0 Å². The summed E-state index contributed by atoms with van der Waals surface area (Å²) in [5.74, 6) is -0.754. The van der Waals surface area contributed by atoms with Gasteiger partial charge in [-0.25, -0.2) is 8.42 Å². The van der Waals surface area contributed by atoms with E-state index in [-0.39, 0.29) is 34.6 Å². The van der Waals surface area contributed by atoms with Gasteiger partial charge in [0.15, 0.2) is 16.4 Å². The first-order valence-electron chi connectivity index (χ1n) is 11.4. The number of sulfonamides is 1. The van der Waals surface area contributed by atoms with Crippen LogP contribution in [0.25, 0.3) is 12.2 Å². The molecule has 0 aliphatic carbocycles. The lowest BCUT2D eigenvalue weighted by molar-refractivity contribution is -0.120. The van der Waals surface area contributed by atoms with Crippen LogP contribution >= 0.6 is 0 Å². The number of carbonyl (C=O) groups excluding carboxylic acids is 2. The minimum absolute atomic E-state index is 0.0138. The van der Waals surface area contributed by atoms with E-state index in [0.29, 0.717) is 30.6 Å². The molecule has 1 saturated heterocycles. The minimum atomic E-state index is -3.94. The lowest BCUT2D eigenvalue weighted by atomic mass is 9.98. The Morgan fingerprint density at radius 2 is 1.89 bits per heavy atom. The van der Waals surface area contributed by atoms with Gasteiger partial charge in [-0.15, -0.1) is 0 Å². The van der Waals surface area contributed by atoms with E-state index >= 15 is 0 Å². The number of nitrogens with zero attached hydrogens (tertiary/aromatic N) is 2. The number of benzene rings is 2. The van der Waals surface area contributed by atoms with E-state index in [2.05, 4.69) is 10.5 Å². The Morgan fingerprint density at radius 1 is 1.11 bits per heavy atom. The smallest absolute Gasteiger partial charge is 0.248 e. The lowest BCUT2D eigenvalue weighted by Crippen LogP contribution is -2.43. The standard InChI is InChI=1S/C26H27N3O5S/c1-18-25(24(34-28-18)14-13-20-8-4-3-5-9-20)35(32,33)29-15-7-11-22(17-29)26(31)27-23-12-6-10-21(16-23)19(2)30/h3-6,8-10,12-14,16,22H,7,11,15,17H2,1-2H3,(H,27,31). The van der Waals surface area contributed by atoms with Crippen molar-refractivity contribution in [2.75, 3.05) is 18.4 Å². The van der Waals surface area contributed by atoms with Crippen LogP contribution in [0.4, 0.5) is 5.69 Å². The molecular weight excluding hydrogens is 466 g/mol. The molecule has 1 aliphatic heterocycles. The molecule has 35 heavy (non-hydrogen) atoms. The van der Waals surface area contributed by atoms with Gasteiger partial charge in [0.1, 0.15) is 5.69 Å². The van der Waals surface area contributed by atoms with Gasteiger partial charge in [-0.3, -0.25) is 9.59 Å². The van der Waals surface area contributed by atoms with E-state index < -0.39 is 15.9 Å². The SMILES string of the molecule is CC(=O)c1cccc(NC(=O)C2CCCN(S(=O)(=O)c3c(C)noc3C=Cc3ccccc3)C2)c1. The van der Waals surface area contributed by atoms with Crippen molar-refractivity contribution in [3.8, 4) is 0 Å². The molecule has 1 N–H and O–H groups in total. The predicted molar refractivity (Wildman–Crippen MR) is 133 cm³/mol. The molecule has 0 radical (unpaired) electrons. The number of nitrogens with one attached hydrogen (secondary N) is 1. The maximum Gasteiger partial charge on any atom is 0.248 e. The summed E-state index contributed by atoms with van der Waals surface area (Å²) in [7, 11) is -3.94. The van der Waals surface area contributed by atoms with Crippen molar-refractivity contribution in [3.63, 3.8) is 0 Å². The number of piperidine rings is 1. The molecule has 2 aromatic carbocycles. The van der Waals surface area contributed by atoms with Gasteiger partial charge >= 0.3 is 0 Å². The largest absolute Gasteiger partial charge is 0.355 e. The van der Waals surface area contributed by atoms with Crippen molar-refractivity contribution < 1.29 is 22.5 Å². The van der Waals surface area contributed by atoms with Crippen LogP contribution < -0.4 is 5.32 Å². The van der Waals surface area contributed by atoms with Gasteiger partial charge < -0.3 is 9.84 Å². The summed E-state index contributed by atoms with van der Waals surface area (Å²) in [6.07, 6.45) is 4.47. The summed E-state index contributed by atoms with van der Waals surface area (Å²) in [4.78, 5) is 24.6. The molecule has 1 aliphatic rings. The second-order valence-electron chi connectivity index (χ2n) is 8.53. The van der Waals surface area contributed by atoms with Gasteiger partial charge in [0.25, 0.3) is 0 Å². The quantitative estimate of drug-likeness (QED) is 0.489. The van der Waals surface area contributed by atoms with Crippen molar-refractivity contribution in [1.82, 2.24) is 9.46 Å². The summed E-state index contributed by atoms with van der Waals surface area (Å²) in [6.45, 7) is 3.40. The number of anilines is 1. The Hall–Kier alpha value is -3.56. The summed E-state index contributed by atoms with van der Waals surface area (Å²) in [6, 6.07) is 16.2. The van der Waals surface area contributed by atoms with E-state index in [1.807, 2.05) is 30.3 Å². The van der Waals surface area contributed by atoms with Crippen molar-refractivity contribution in [2.45, 2.75) is 31.6 Å². The fraction of sp³-hybridized carbons (Fsp3) is 0.269. The van der Waals surface area contributed by atoms with Gasteiger partial charge in [-0.2, -0.15) is 4.31 Å². The van der Waals surface area contributed by atoms with E-state index in [1.54, 1.807) is 43.3 Å². The number of Topliss-reactive ketones (excluding diaryl/α,β-unsaturated/α-hetero) is 1. The molecule has 1 fully saturated rings. The predicted octanol–water partition coefficient (Wildman–Crippen LogP) is 4.40. The number of aryl methyl sites for hydroxylation is 1. The lowest BCUT2D eigenvalue weighted by Gasteiger charge is -2.31. The Labute approximate surface area is 204 Å². The highest BCUT2D eigenvalue weighted by molar-refractivity contribution is 7.89. The number of hydrogen-bond donors (Lipinski definition) is 1. The van der Waals surface area contributed by atoms with Crippen LogP contribution in [0, 0.1) is 12.8 Å². The maximum atomic E-state index is 13.6. The van der Waals surface area contributed by atoms with Crippen molar-refractivity contribution in [1.29, 1.82) is 0 Å². The highest BCUT2D eigenvalue weighted by Crippen LogP contribution is 2.29. The molecule has 182 valence electrons. The Bertz CT molecular complexity index is 1360. The summed E-state index contributed by atoms with van der Waals surface area (Å²) in [5, 5.41) is 6.70. The second-order valence-corrected chi connectivity index (χ2v) is 10.4. The molecule has 1 atom stereocenters. The molecule has 4 rings (SSSR count). The Kier molecular flexibility index (Phi) is 7.28. The number of rotatable bonds is 7. The highest BCUT2D eigenvalue weighted by atomic mass is 32.2. The zero-order valence-electron chi connectivity index (χ0n) is 19.6. The van der Waals surface area contributed by atoms with E-state index in [4.69, 9.17) is 4.52 Å². The normalized spacial score (nSPS) is 16.9. The van der Waals surface area contributed by atoms with Crippen molar-refractivity contribution in [3.05, 3.63) is 77.2 Å². The van der Waals surface area contributed by atoms with Crippen molar-refractivity contribution in [2.24, 2.45) is 5.92 Å². The molecule has 1 unspecified atom stereocenters. The fourth-order valence-corrected chi connectivity index (χ4v) is 5.87. The van der Waals surface area contributed by atoms with Gasteiger partial charge in [-0.1, -0.05) is 53.7 Å². The third-order valence-corrected chi connectivity index (χ3v) is 7.97. The van der Waals surface area contributed by atoms with Gasteiger partial charge in [-0.05, 0) is 50.5 Å². The molecule has 3 aromatic rings. The highest BCUT2D eigenvalue weighted by Gasteiger charge is 2.37. The maximum absolute atomic E-state index is 13.6. The zero-order chi connectivity index (χ0) is 25.0. The molecule has 9 heteroatoms.